The van der Waals surface area contributed by atoms with Crippen molar-refractivity contribution in [3.63, 3.8) is 0 Å². The van der Waals surface area contributed by atoms with Crippen molar-refractivity contribution in [2.75, 3.05) is 26.2 Å². The SMILES string of the molecule is CC(=O)N1CCC[C@@H](c2cc(-c3cncc([C@@](O)(c4ccc(C(C)C)cc4)C4(C)CN(C(=O)OC(C)(C)C)C4)c3)n[nH]2)C1. The number of carbonyl (C=O) groups excluding carboxylic acids is 2. The molecule has 9 heteroatoms. The van der Waals surface area contributed by atoms with Crippen LogP contribution >= 0.6 is 0 Å². The van der Waals surface area contributed by atoms with Gasteiger partial charge >= 0.3 is 6.09 Å². The van der Waals surface area contributed by atoms with Crippen molar-refractivity contribution >= 4 is 12.0 Å². The average Bonchev–Trinajstić information content (AvgIpc) is 3.45. The second-order valence-electron chi connectivity index (χ2n) is 13.9. The van der Waals surface area contributed by atoms with E-state index in [0.29, 0.717) is 31.1 Å². The Hall–Kier alpha value is -3.72. The molecule has 2 N–H and O–H groups in total. The number of hydrogen-bond acceptors (Lipinski definition) is 6. The fourth-order valence-corrected chi connectivity index (χ4v) is 6.44. The summed E-state index contributed by atoms with van der Waals surface area (Å²) in [5, 5.41) is 20.6. The van der Waals surface area contributed by atoms with Crippen molar-refractivity contribution in [1.29, 1.82) is 0 Å². The number of ether oxygens (including phenoxy) is 1. The standard InChI is InChI=1S/C34H45N5O4/c1-22(2)24-10-12-27(13-11-24)34(42,33(7)20-39(21-33)31(41)43-32(4,5)6)28-15-26(17-35-18-28)30-16-29(36-37-30)25-9-8-14-38(19-25)23(3)40/h10-13,15-18,22,25,42H,8-9,14,19-21H2,1-7H3,(H,36,37)/t25-,34+/m1/s1. The quantitative estimate of drug-likeness (QED) is 0.376. The smallest absolute Gasteiger partial charge is 0.410 e. The number of aliphatic hydroxyl groups is 1. The van der Waals surface area contributed by atoms with Crippen molar-refractivity contribution in [3.05, 3.63) is 71.2 Å². The summed E-state index contributed by atoms with van der Waals surface area (Å²) in [6.07, 6.45) is 5.02. The number of carbonyl (C=O) groups is 2. The van der Waals surface area contributed by atoms with Crippen molar-refractivity contribution < 1.29 is 19.4 Å². The maximum Gasteiger partial charge on any atom is 0.410 e. The van der Waals surface area contributed by atoms with Gasteiger partial charge in [-0.3, -0.25) is 14.9 Å². The fourth-order valence-electron chi connectivity index (χ4n) is 6.44. The molecule has 2 aliphatic rings. The lowest BCUT2D eigenvalue weighted by Crippen LogP contribution is -2.66. The lowest BCUT2D eigenvalue weighted by atomic mass is 9.62. The first-order valence-corrected chi connectivity index (χ1v) is 15.3. The molecule has 0 spiro atoms. The normalized spacial score (nSPS) is 20.0. The number of aromatic amines is 1. The minimum Gasteiger partial charge on any atom is -0.444 e. The van der Waals surface area contributed by atoms with Gasteiger partial charge in [0.05, 0.1) is 5.69 Å². The molecular weight excluding hydrogens is 542 g/mol. The lowest BCUT2D eigenvalue weighted by molar-refractivity contribution is -0.131. The molecule has 3 aromatic rings. The maximum absolute atomic E-state index is 12.9. The number of amides is 2. The molecule has 0 unspecified atom stereocenters. The topological polar surface area (TPSA) is 112 Å². The van der Waals surface area contributed by atoms with Crippen LogP contribution in [0.1, 0.15) is 95.5 Å². The molecule has 2 amide bonds. The predicted octanol–water partition coefficient (Wildman–Crippen LogP) is 5.81. The summed E-state index contributed by atoms with van der Waals surface area (Å²) in [5.41, 5.74) is 2.34. The Morgan fingerprint density at radius 1 is 1.07 bits per heavy atom. The van der Waals surface area contributed by atoms with Crippen LogP contribution in [0.4, 0.5) is 4.79 Å². The van der Waals surface area contributed by atoms with Gasteiger partial charge in [-0.15, -0.1) is 0 Å². The van der Waals surface area contributed by atoms with Crippen LogP contribution in [0.15, 0.2) is 48.8 Å². The van der Waals surface area contributed by atoms with Gasteiger partial charge in [0.1, 0.15) is 11.2 Å². The average molecular weight is 588 g/mol. The molecule has 0 bridgehead atoms. The number of piperidine rings is 1. The number of hydrogen-bond donors (Lipinski definition) is 2. The van der Waals surface area contributed by atoms with E-state index >= 15 is 0 Å². The molecule has 5 rings (SSSR count). The molecule has 1 aromatic carbocycles. The highest BCUT2D eigenvalue weighted by Crippen LogP contribution is 2.51. The summed E-state index contributed by atoms with van der Waals surface area (Å²) in [5.74, 6) is 0.644. The van der Waals surface area contributed by atoms with Gasteiger partial charge in [0.15, 0.2) is 0 Å². The van der Waals surface area contributed by atoms with E-state index in [9.17, 15) is 14.7 Å². The Kier molecular flexibility index (Phi) is 8.15. The molecule has 230 valence electrons. The number of nitrogens with zero attached hydrogens (tertiary/aromatic N) is 4. The summed E-state index contributed by atoms with van der Waals surface area (Å²) in [4.78, 5) is 32.9. The van der Waals surface area contributed by atoms with Crippen molar-refractivity contribution in [2.24, 2.45) is 5.41 Å². The molecule has 2 saturated heterocycles. The van der Waals surface area contributed by atoms with E-state index in [4.69, 9.17) is 4.74 Å². The summed E-state index contributed by atoms with van der Waals surface area (Å²) in [7, 11) is 0. The molecule has 2 aromatic heterocycles. The van der Waals surface area contributed by atoms with Crippen LogP contribution < -0.4 is 0 Å². The van der Waals surface area contributed by atoms with Gasteiger partial charge in [-0.1, -0.05) is 45.0 Å². The minimum atomic E-state index is -1.44. The van der Waals surface area contributed by atoms with Crippen molar-refractivity contribution in [2.45, 2.75) is 84.3 Å². The Morgan fingerprint density at radius 2 is 1.77 bits per heavy atom. The molecule has 2 atom stereocenters. The van der Waals surface area contributed by atoms with Crippen LogP contribution in [0.3, 0.4) is 0 Å². The fraction of sp³-hybridized carbons (Fsp3) is 0.529. The van der Waals surface area contributed by atoms with E-state index < -0.39 is 16.6 Å². The summed E-state index contributed by atoms with van der Waals surface area (Å²) >= 11 is 0. The number of pyridine rings is 1. The highest BCUT2D eigenvalue weighted by molar-refractivity contribution is 5.73. The van der Waals surface area contributed by atoms with Gasteiger partial charge in [0.2, 0.25) is 5.91 Å². The first-order chi connectivity index (χ1) is 20.2. The Morgan fingerprint density at radius 3 is 2.40 bits per heavy atom. The van der Waals surface area contributed by atoms with Gasteiger partial charge < -0.3 is 19.6 Å². The largest absolute Gasteiger partial charge is 0.444 e. The van der Waals surface area contributed by atoms with Crippen molar-refractivity contribution in [3.8, 4) is 11.3 Å². The molecule has 43 heavy (non-hydrogen) atoms. The van der Waals surface area contributed by atoms with E-state index in [1.54, 1.807) is 24.2 Å². The molecular formula is C34H45N5O4. The number of aromatic nitrogens is 3. The van der Waals surface area contributed by atoms with Crippen LogP contribution in [0.5, 0.6) is 0 Å². The van der Waals surface area contributed by atoms with E-state index in [1.165, 1.54) is 5.56 Å². The number of benzene rings is 1. The van der Waals surface area contributed by atoms with E-state index in [-0.39, 0.29) is 17.9 Å². The minimum absolute atomic E-state index is 0.0942. The number of rotatable bonds is 6. The maximum atomic E-state index is 12.9. The van der Waals surface area contributed by atoms with E-state index in [0.717, 1.165) is 41.9 Å². The number of nitrogens with one attached hydrogen (secondary N) is 1. The summed E-state index contributed by atoms with van der Waals surface area (Å²) < 4.78 is 5.61. The van der Waals surface area contributed by atoms with Gasteiger partial charge in [0.25, 0.3) is 0 Å². The molecule has 4 heterocycles. The van der Waals surface area contributed by atoms with Crippen LogP contribution in [0, 0.1) is 5.41 Å². The molecule has 2 fully saturated rings. The summed E-state index contributed by atoms with van der Waals surface area (Å²) in [6.45, 7) is 15.6. The first-order valence-electron chi connectivity index (χ1n) is 15.3. The van der Waals surface area contributed by atoms with E-state index in [2.05, 4.69) is 41.2 Å². The molecule has 0 saturated carbocycles. The van der Waals surface area contributed by atoms with Crippen LogP contribution in [-0.4, -0.2) is 73.9 Å². The second kappa shape index (κ2) is 11.4. The predicted molar refractivity (Wildman–Crippen MR) is 165 cm³/mol. The van der Waals surface area contributed by atoms with Gasteiger partial charge in [-0.05, 0) is 62.8 Å². The molecule has 9 nitrogen and oxygen atoms in total. The molecule has 0 radical (unpaired) electrons. The van der Waals surface area contributed by atoms with Crippen LogP contribution in [-0.2, 0) is 15.1 Å². The Balaban J connectivity index is 1.48. The number of H-pyrrole nitrogens is 1. The second-order valence-corrected chi connectivity index (χ2v) is 13.9. The van der Waals surface area contributed by atoms with Crippen LogP contribution in [0.25, 0.3) is 11.3 Å². The zero-order chi connectivity index (χ0) is 31.2. The third kappa shape index (κ3) is 6.05. The Labute approximate surface area is 254 Å². The highest BCUT2D eigenvalue weighted by atomic mass is 16.6. The van der Waals surface area contributed by atoms with Gasteiger partial charge in [-0.25, -0.2) is 4.79 Å². The monoisotopic (exact) mass is 587 g/mol. The number of likely N-dealkylation sites (tertiary alicyclic amines) is 2. The zero-order valence-electron chi connectivity index (χ0n) is 26.5. The Bertz CT molecular complexity index is 1470. The lowest BCUT2D eigenvalue weighted by Gasteiger charge is -2.56. The highest BCUT2D eigenvalue weighted by Gasteiger charge is 2.58. The van der Waals surface area contributed by atoms with Gasteiger partial charge in [-0.2, -0.15) is 5.10 Å². The third-order valence-electron chi connectivity index (χ3n) is 8.96. The van der Waals surface area contributed by atoms with E-state index in [1.807, 2.05) is 56.9 Å². The molecule has 2 aliphatic heterocycles. The zero-order valence-corrected chi connectivity index (χ0v) is 26.5. The third-order valence-corrected chi connectivity index (χ3v) is 8.96. The summed E-state index contributed by atoms with van der Waals surface area (Å²) in [6, 6.07) is 12.1. The van der Waals surface area contributed by atoms with Crippen molar-refractivity contribution in [1.82, 2.24) is 25.0 Å². The molecule has 0 aliphatic carbocycles. The first kappa shape index (κ1) is 30.7. The van der Waals surface area contributed by atoms with Gasteiger partial charge in [0, 0.05) is 73.7 Å². The van der Waals surface area contributed by atoms with Crippen LogP contribution in [0.2, 0.25) is 0 Å².